The fourth-order valence-electron chi connectivity index (χ4n) is 4.84. The first kappa shape index (κ1) is 24.3. The quantitative estimate of drug-likeness (QED) is 0.583. The van der Waals surface area contributed by atoms with Gasteiger partial charge in [-0.1, -0.05) is 30.5 Å². The monoisotopic (exact) mass is 498 g/mol. The molecule has 4 rings (SSSR count). The number of halogens is 3. The number of hydrogen-bond acceptors (Lipinski definition) is 6. The Bertz CT molecular complexity index is 1110. The molecule has 0 radical (unpaired) electrons. The Morgan fingerprint density at radius 2 is 1.94 bits per heavy atom. The number of nitrogens with one attached hydrogen (secondary N) is 1. The molecule has 0 bridgehead atoms. The Balaban J connectivity index is 1.52. The number of sulfone groups is 1. The summed E-state index contributed by atoms with van der Waals surface area (Å²) in [5.74, 6) is -2.29. The zero-order valence-electron chi connectivity index (χ0n) is 18.8. The average molecular weight is 499 g/mol. The first-order valence-electron chi connectivity index (χ1n) is 11.1. The third-order valence-corrected chi connectivity index (χ3v) is 8.65. The Morgan fingerprint density at radius 1 is 1.21 bits per heavy atom. The van der Waals surface area contributed by atoms with Crippen LogP contribution in [0.4, 0.5) is 14.5 Å². The van der Waals surface area contributed by atoms with Crippen molar-refractivity contribution in [1.82, 2.24) is 14.8 Å². The zero-order valence-corrected chi connectivity index (χ0v) is 20.3. The maximum Gasteiger partial charge on any atom is 0.213 e. The Labute approximate surface area is 198 Å². The third kappa shape index (κ3) is 5.48. The lowest BCUT2D eigenvalue weighted by Gasteiger charge is -2.48. The normalized spacial score (nSPS) is 22.4. The summed E-state index contributed by atoms with van der Waals surface area (Å²) in [7, 11) is 0.141. The third-order valence-electron chi connectivity index (χ3n) is 6.68. The zero-order chi connectivity index (χ0) is 23.8. The van der Waals surface area contributed by atoms with Crippen molar-refractivity contribution in [3.05, 3.63) is 52.8 Å². The van der Waals surface area contributed by atoms with Crippen molar-refractivity contribution < 1.29 is 17.2 Å². The van der Waals surface area contributed by atoms with Crippen LogP contribution in [0.3, 0.4) is 0 Å². The molecule has 1 aliphatic heterocycles. The van der Waals surface area contributed by atoms with Crippen LogP contribution in [0.25, 0.3) is 0 Å². The number of aromatic nitrogens is 1. The molecule has 1 aromatic heterocycles. The van der Waals surface area contributed by atoms with Gasteiger partial charge in [-0.05, 0) is 51.2 Å². The number of likely N-dealkylation sites (tertiary alicyclic amines) is 1. The molecule has 2 aliphatic rings. The minimum atomic E-state index is -4.10. The molecule has 2 heterocycles. The lowest BCUT2D eigenvalue weighted by molar-refractivity contribution is 0.0269. The van der Waals surface area contributed by atoms with Crippen molar-refractivity contribution in [1.29, 1.82) is 0 Å². The van der Waals surface area contributed by atoms with Gasteiger partial charge in [-0.25, -0.2) is 17.8 Å². The van der Waals surface area contributed by atoms with Gasteiger partial charge in [0.15, 0.2) is 9.84 Å². The van der Waals surface area contributed by atoms with E-state index in [0.717, 1.165) is 57.0 Å². The van der Waals surface area contributed by atoms with Crippen LogP contribution in [0.1, 0.15) is 31.4 Å². The molecule has 180 valence electrons. The molecule has 1 saturated carbocycles. The van der Waals surface area contributed by atoms with Crippen molar-refractivity contribution in [3.63, 3.8) is 0 Å². The lowest BCUT2D eigenvalue weighted by atomic mass is 9.87. The molecule has 0 unspecified atom stereocenters. The second-order valence-electron chi connectivity index (χ2n) is 9.12. The van der Waals surface area contributed by atoms with Crippen molar-refractivity contribution in [2.75, 3.05) is 32.5 Å². The van der Waals surface area contributed by atoms with Crippen LogP contribution in [-0.2, 0) is 15.6 Å². The van der Waals surface area contributed by atoms with Gasteiger partial charge < -0.3 is 10.2 Å². The van der Waals surface area contributed by atoms with Crippen molar-refractivity contribution in [3.8, 4) is 0 Å². The maximum atomic E-state index is 15.0. The van der Waals surface area contributed by atoms with Gasteiger partial charge in [0.1, 0.15) is 10.7 Å². The van der Waals surface area contributed by atoms with Crippen LogP contribution in [0.5, 0.6) is 0 Å². The number of rotatable bonds is 7. The van der Waals surface area contributed by atoms with Crippen LogP contribution in [0.15, 0.2) is 35.2 Å². The van der Waals surface area contributed by atoms with E-state index in [9.17, 15) is 17.2 Å². The topological polar surface area (TPSA) is 65.5 Å². The fourth-order valence-corrected chi connectivity index (χ4v) is 6.48. The molecule has 1 aliphatic carbocycles. The van der Waals surface area contributed by atoms with E-state index in [1.54, 1.807) is 0 Å². The molecular formula is C23H29ClF2N4O2S. The highest BCUT2D eigenvalue weighted by atomic mass is 35.5. The smallest absolute Gasteiger partial charge is 0.213 e. The standard InChI is InChI=1S/C23H29ClF2N4O2S/c1-29-12-16(13-29)30(2)21-8-4-3-7-19(21)28-20-11-18(25)22(10-17(20)24)33(31,32)14-15-6-5-9-23(26)27-15/h5-6,9-11,16,19,21,28H,3-4,7-8,12-14H2,1-2H3/t19-,21-/m0/s1. The van der Waals surface area contributed by atoms with E-state index in [4.69, 9.17) is 11.6 Å². The second-order valence-corrected chi connectivity index (χ2v) is 11.5. The second kappa shape index (κ2) is 9.82. The molecule has 33 heavy (non-hydrogen) atoms. The summed E-state index contributed by atoms with van der Waals surface area (Å²) in [6, 6.07) is 7.03. The van der Waals surface area contributed by atoms with E-state index in [1.165, 1.54) is 12.1 Å². The summed E-state index contributed by atoms with van der Waals surface area (Å²) in [5, 5.41) is 3.52. The SMILES string of the molecule is CN1CC(N(C)[C@H]2CCCC[C@@H]2Nc2cc(F)c(S(=O)(=O)Cc3cccc(F)n3)cc2Cl)C1. The van der Waals surface area contributed by atoms with Gasteiger partial charge in [-0.15, -0.1) is 0 Å². The maximum absolute atomic E-state index is 15.0. The predicted octanol–water partition coefficient (Wildman–Crippen LogP) is 3.96. The first-order chi connectivity index (χ1) is 15.6. The van der Waals surface area contributed by atoms with Gasteiger partial charge in [-0.3, -0.25) is 4.90 Å². The highest BCUT2D eigenvalue weighted by Gasteiger charge is 2.36. The summed E-state index contributed by atoms with van der Waals surface area (Å²) in [5.41, 5.74) is 0.385. The number of hydrogen-bond donors (Lipinski definition) is 1. The van der Waals surface area contributed by atoms with Crippen LogP contribution >= 0.6 is 11.6 Å². The van der Waals surface area contributed by atoms with E-state index in [1.807, 2.05) is 0 Å². The predicted molar refractivity (Wildman–Crippen MR) is 125 cm³/mol. The van der Waals surface area contributed by atoms with Crippen LogP contribution in [0, 0.1) is 11.8 Å². The number of pyridine rings is 1. The molecule has 1 aromatic carbocycles. The molecule has 2 atom stereocenters. The minimum absolute atomic E-state index is 0.00227. The van der Waals surface area contributed by atoms with Gasteiger partial charge in [0.25, 0.3) is 0 Å². The Kier molecular flexibility index (Phi) is 7.23. The van der Waals surface area contributed by atoms with Crippen molar-refractivity contribution in [2.24, 2.45) is 0 Å². The number of anilines is 1. The minimum Gasteiger partial charge on any atom is -0.379 e. The highest BCUT2D eigenvalue weighted by Crippen LogP contribution is 2.33. The molecular weight excluding hydrogens is 470 g/mol. The largest absolute Gasteiger partial charge is 0.379 e. The van der Waals surface area contributed by atoms with Crippen molar-refractivity contribution in [2.45, 2.75) is 54.5 Å². The number of benzene rings is 1. The first-order valence-corrected chi connectivity index (χ1v) is 13.2. The van der Waals surface area contributed by atoms with E-state index in [0.29, 0.717) is 17.8 Å². The van der Waals surface area contributed by atoms with E-state index >= 15 is 0 Å². The Morgan fingerprint density at radius 3 is 2.64 bits per heavy atom. The van der Waals surface area contributed by atoms with E-state index in [-0.39, 0.29) is 16.8 Å². The molecule has 1 N–H and O–H groups in total. The van der Waals surface area contributed by atoms with Gasteiger partial charge in [0.05, 0.1) is 22.2 Å². The lowest BCUT2D eigenvalue weighted by Crippen LogP contribution is -2.62. The summed E-state index contributed by atoms with van der Waals surface area (Å²) >= 11 is 6.41. The molecule has 2 fully saturated rings. The van der Waals surface area contributed by atoms with Crippen molar-refractivity contribution >= 4 is 27.1 Å². The van der Waals surface area contributed by atoms with Gasteiger partial charge >= 0.3 is 0 Å². The molecule has 0 spiro atoms. The summed E-state index contributed by atoms with van der Waals surface area (Å²) in [6.07, 6.45) is 4.19. The van der Waals surface area contributed by atoms with Crippen LogP contribution in [-0.4, -0.2) is 68.5 Å². The summed E-state index contributed by atoms with van der Waals surface area (Å²) < 4.78 is 53.9. The summed E-state index contributed by atoms with van der Waals surface area (Å²) in [6.45, 7) is 2.06. The molecule has 0 amide bonds. The molecule has 10 heteroatoms. The van der Waals surface area contributed by atoms with Gasteiger partial charge in [0, 0.05) is 31.2 Å². The van der Waals surface area contributed by atoms with Gasteiger partial charge in [0.2, 0.25) is 5.95 Å². The van der Waals surface area contributed by atoms with Gasteiger partial charge in [-0.2, -0.15) is 4.39 Å². The van der Waals surface area contributed by atoms with Crippen LogP contribution in [0.2, 0.25) is 5.02 Å². The molecule has 6 nitrogen and oxygen atoms in total. The fraction of sp³-hybridized carbons (Fsp3) is 0.522. The summed E-state index contributed by atoms with van der Waals surface area (Å²) in [4.78, 5) is 7.73. The van der Waals surface area contributed by atoms with E-state index < -0.39 is 32.3 Å². The average Bonchev–Trinajstić information content (AvgIpc) is 2.73. The van der Waals surface area contributed by atoms with Crippen LogP contribution < -0.4 is 5.32 Å². The highest BCUT2D eigenvalue weighted by molar-refractivity contribution is 7.90. The number of likely N-dealkylation sites (N-methyl/N-ethyl adjacent to an activating group) is 2. The number of nitrogens with zero attached hydrogens (tertiary/aromatic N) is 3. The van der Waals surface area contributed by atoms with E-state index in [2.05, 4.69) is 34.2 Å². The molecule has 2 aromatic rings. The Hall–Kier alpha value is -1.81. The molecule has 1 saturated heterocycles.